The third-order valence-corrected chi connectivity index (χ3v) is 5.40. The van der Waals surface area contributed by atoms with E-state index in [0.717, 1.165) is 5.56 Å². The molecule has 0 fully saturated rings. The van der Waals surface area contributed by atoms with Gasteiger partial charge in [0, 0.05) is 10.0 Å². The van der Waals surface area contributed by atoms with Gasteiger partial charge in [-0.3, -0.25) is 4.55 Å². The zero-order valence-corrected chi connectivity index (χ0v) is 15.7. The second-order valence-electron chi connectivity index (χ2n) is 5.84. The second-order valence-corrected chi connectivity index (χ2v) is 8.26. The quantitative estimate of drug-likeness (QED) is 0.688. The van der Waals surface area contributed by atoms with Gasteiger partial charge in [-0.2, -0.15) is 13.7 Å². The maximum Gasteiger partial charge on any atom is 0.264 e. The van der Waals surface area contributed by atoms with Crippen LogP contribution in [-0.4, -0.2) is 18.7 Å². The van der Waals surface area contributed by atoms with Crippen molar-refractivity contribution in [2.24, 2.45) is 0 Å². The summed E-state index contributed by atoms with van der Waals surface area (Å²) >= 11 is 12.2. The van der Waals surface area contributed by atoms with Crippen LogP contribution in [0.15, 0.2) is 48.5 Å². The lowest BCUT2D eigenvalue weighted by atomic mass is 9.75. The first-order valence-corrected chi connectivity index (χ1v) is 9.98. The van der Waals surface area contributed by atoms with Crippen LogP contribution < -0.4 is 0 Å². The summed E-state index contributed by atoms with van der Waals surface area (Å²) in [5.41, 5.74) is 0.396. The Balaban J connectivity index is 2.39. The van der Waals surface area contributed by atoms with Crippen LogP contribution in [0.25, 0.3) is 0 Å². The Morgan fingerprint density at radius 2 is 1.76 bits per heavy atom. The molecule has 0 amide bonds. The van der Waals surface area contributed by atoms with Crippen LogP contribution in [0.2, 0.25) is 10.0 Å². The van der Waals surface area contributed by atoms with E-state index in [9.17, 15) is 13.7 Å². The molecule has 0 saturated heterocycles. The Morgan fingerprint density at radius 1 is 1.08 bits per heavy atom. The molecule has 25 heavy (non-hydrogen) atoms. The van der Waals surface area contributed by atoms with Gasteiger partial charge < -0.3 is 0 Å². The highest BCUT2D eigenvalue weighted by atomic mass is 35.5. The van der Waals surface area contributed by atoms with Gasteiger partial charge in [0.05, 0.1) is 17.2 Å². The van der Waals surface area contributed by atoms with Crippen molar-refractivity contribution in [1.82, 2.24) is 0 Å². The lowest BCUT2D eigenvalue weighted by molar-refractivity contribution is 0.451. The molecule has 0 saturated carbocycles. The lowest BCUT2D eigenvalue weighted by Gasteiger charge is -2.28. The number of benzene rings is 2. The van der Waals surface area contributed by atoms with Crippen LogP contribution in [0, 0.1) is 11.3 Å². The van der Waals surface area contributed by atoms with Gasteiger partial charge in [-0.15, -0.1) is 0 Å². The number of nitrogens with zero attached hydrogens (tertiary/aromatic N) is 1. The lowest BCUT2D eigenvalue weighted by Crippen LogP contribution is -2.29. The monoisotopic (exact) mass is 397 g/mol. The predicted octanol–water partition coefficient (Wildman–Crippen LogP) is 4.67. The summed E-state index contributed by atoms with van der Waals surface area (Å²) < 4.78 is 31.6. The highest BCUT2D eigenvalue weighted by Gasteiger charge is 2.35. The summed E-state index contributed by atoms with van der Waals surface area (Å²) in [4.78, 5) is 0. The molecule has 1 N–H and O–H groups in total. The van der Waals surface area contributed by atoms with Gasteiger partial charge in [-0.05, 0) is 42.5 Å². The number of hydrogen-bond donors (Lipinski definition) is 1. The largest absolute Gasteiger partial charge is 0.286 e. The highest BCUT2D eigenvalue weighted by molar-refractivity contribution is 7.85. The minimum absolute atomic E-state index is 0.0590. The fourth-order valence-electron chi connectivity index (χ4n) is 2.75. The standard InChI is InChI=1S/C18H17Cl2NO3S/c19-15-6-7-16(17(20)12-15)18(13-21,10-11-25(22,23)24)9-8-14-4-2-1-3-5-14/h1-7,12H,8-11H2,(H,22,23,24). The predicted molar refractivity (Wildman–Crippen MR) is 99.5 cm³/mol. The molecular weight excluding hydrogens is 381 g/mol. The zero-order valence-electron chi connectivity index (χ0n) is 13.3. The molecular formula is C18H17Cl2NO3S. The Bertz CT molecular complexity index is 879. The molecule has 0 aliphatic carbocycles. The number of halogens is 2. The summed E-state index contributed by atoms with van der Waals surface area (Å²) in [6.45, 7) is 0. The van der Waals surface area contributed by atoms with E-state index in [0.29, 0.717) is 28.5 Å². The summed E-state index contributed by atoms with van der Waals surface area (Å²) in [5, 5.41) is 10.6. The first-order chi connectivity index (χ1) is 11.8. The topological polar surface area (TPSA) is 78.2 Å². The number of rotatable bonds is 7. The summed E-state index contributed by atoms with van der Waals surface area (Å²) in [6, 6.07) is 16.6. The average Bonchev–Trinajstić information content (AvgIpc) is 2.56. The first-order valence-electron chi connectivity index (χ1n) is 7.62. The molecule has 0 bridgehead atoms. The van der Waals surface area contributed by atoms with Crippen molar-refractivity contribution < 1.29 is 13.0 Å². The molecule has 7 heteroatoms. The maximum absolute atomic E-state index is 11.2. The van der Waals surface area contributed by atoms with E-state index in [4.69, 9.17) is 27.8 Å². The Morgan fingerprint density at radius 3 is 2.32 bits per heavy atom. The molecule has 0 heterocycles. The molecule has 2 aromatic carbocycles. The van der Waals surface area contributed by atoms with Gasteiger partial charge in [0.25, 0.3) is 10.1 Å². The molecule has 2 rings (SSSR count). The number of hydrogen-bond acceptors (Lipinski definition) is 3. The van der Waals surface area contributed by atoms with Crippen LogP contribution in [0.4, 0.5) is 0 Å². The normalized spacial score (nSPS) is 13.8. The van der Waals surface area contributed by atoms with E-state index in [-0.39, 0.29) is 6.42 Å². The van der Waals surface area contributed by atoms with Crippen molar-refractivity contribution >= 4 is 33.3 Å². The average molecular weight is 398 g/mol. The van der Waals surface area contributed by atoms with Gasteiger partial charge in [-0.1, -0.05) is 59.6 Å². The molecule has 4 nitrogen and oxygen atoms in total. The first kappa shape index (κ1) is 19.7. The van der Waals surface area contributed by atoms with Crippen molar-refractivity contribution in [2.45, 2.75) is 24.7 Å². The zero-order chi connectivity index (χ0) is 18.5. The molecule has 2 aromatic rings. The van der Waals surface area contributed by atoms with E-state index in [1.807, 2.05) is 30.3 Å². The number of aryl methyl sites for hydroxylation is 1. The van der Waals surface area contributed by atoms with Crippen molar-refractivity contribution in [3.05, 3.63) is 69.7 Å². The summed E-state index contributed by atoms with van der Waals surface area (Å²) in [7, 11) is -4.20. The smallest absolute Gasteiger partial charge is 0.264 e. The Hall–Kier alpha value is -1.58. The molecule has 0 aliphatic heterocycles. The van der Waals surface area contributed by atoms with Crippen LogP contribution in [0.5, 0.6) is 0 Å². The number of nitriles is 1. The minimum atomic E-state index is -4.20. The van der Waals surface area contributed by atoms with E-state index in [1.165, 1.54) is 6.07 Å². The van der Waals surface area contributed by atoms with Crippen LogP contribution in [0.1, 0.15) is 24.0 Å². The molecule has 1 unspecified atom stereocenters. The SMILES string of the molecule is N#CC(CCc1ccccc1)(CCS(=O)(=O)O)c1ccc(Cl)cc1Cl. The van der Waals surface area contributed by atoms with E-state index in [1.54, 1.807) is 12.1 Å². The van der Waals surface area contributed by atoms with Gasteiger partial charge in [0.2, 0.25) is 0 Å². The van der Waals surface area contributed by atoms with Gasteiger partial charge in [0.15, 0.2) is 0 Å². The van der Waals surface area contributed by atoms with Crippen molar-refractivity contribution in [2.75, 3.05) is 5.75 Å². The summed E-state index contributed by atoms with van der Waals surface area (Å²) in [5.74, 6) is -0.520. The van der Waals surface area contributed by atoms with E-state index >= 15 is 0 Å². The molecule has 0 spiro atoms. The maximum atomic E-state index is 11.2. The molecule has 0 radical (unpaired) electrons. The fraction of sp³-hybridized carbons (Fsp3) is 0.278. The molecule has 0 aliphatic rings. The van der Waals surface area contributed by atoms with Crippen molar-refractivity contribution in [3.63, 3.8) is 0 Å². The summed E-state index contributed by atoms with van der Waals surface area (Å²) in [6.07, 6.45) is 0.875. The third-order valence-electron chi connectivity index (χ3n) is 4.13. The fourth-order valence-corrected chi connectivity index (χ4v) is 3.95. The van der Waals surface area contributed by atoms with Gasteiger partial charge >= 0.3 is 0 Å². The molecule has 132 valence electrons. The van der Waals surface area contributed by atoms with Gasteiger partial charge in [-0.25, -0.2) is 0 Å². The second kappa shape index (κ2) is 8.20. The van der Waals surface area contributed by atoms with Crippen LogP contribution >= 0.6 is 23.2 Å². The van der Waals surface area contributed by atoms with Crippen molar-refractivity contribution in [1.29, 1.82) is 5.26 Å². The van der Waals surface area contributed by atoms with E-state index < -0.39 is 21.3 Å². The van der Waals surface area contributed by atoms with Gasteiger partial charge in [0.1, 0.15) is 0 Å². The van der Waals surface area contributed by atoms with Crippen LogP contribution in [-0.2, 0) is 22.0 Å². The van der Waals surface area contributed by atoms with Crippen LogP contribution in [0.3, 0.4) is 0 Å². The van der Waals surface area contributed by atoms with E-state index in [2.05, 4.69) is 6.07 Å². The minimum Gasteiger partial charge on any atom is -0.286 e. The Kier molecular flexibility index (Phi) is 6.47. The molecule has 0 aromatic heterocycles. The van der Waals surface area contributed by atoms with Crippen molar-refractivity contribution in [3.8, 4) is 6.07 Å². The highest BCUT2D eigenvalue weighted by Crippen LogP contribution is 2.38. The molecule has 1 atom stereocenters. The Labute approximate surface area is 157 Å². The third kappa shape index (κ3) is 5.45.